The average molecular weight is 291 g/mol. The SMILES string of the molecule is Clc1ncc(Br)c(N2CC3CC2CO3)n1. The van der Waals surface area contributed by atoms with Crippen molar-refractivity contribution in [1.29, 1.82) is 0 Å². The van der Waals surface area contributed by atoms with E-state index in [4.69, 9.17) is 16.3 Å². The Morgan fingerprint density at radius 1 is 1.60 bits per heavy atom. The van der Waals surface area contributed by atoms with Gasteiger partial charge in [0.15, 0.2) is 0 Å². The molecule has 3 rings (SSSR count). The number of hydrogen-bond acceptors (Lipinski definition) is 4. The molecule has 15 heavy (non-hydrogen) atoms. The predicted octanol–water partition coefficient (Wildman–Crippen LogP) is 1.87. The lowest BCUT2D eigenvalue weighted by Crippen LogP contribution is -2.37. The minimum atomic E-state index is 0.289. The van der Waals surface area contributed by atoms with Crippen LogP contribution in [0.15, 0.2) is 10.7 Å². The molecule has 3 heterocycles. The van der Waals surface area contributed by atoms with E-state index in [0.717, 1.165) is 29.9 Å². The van der Waals surface area contributed by atoms with Crippen molar-refractivity contribution < 1.29 is 4.74 Å². The van der Waals surface area contributed by atoms with Crippen molar-refractivity contribution in [2.24, 2.45) is 0 Å². The number of ether oxygens (including phenoxy) is 1. The second-order valence-corrected chi connectivity index (χ2v) is 5.00. The van der Waals surface area contributed by atoms with Crippen LogP contribution in [0.1, 0.15) is 6.42 Å². The second-order valence-electron chi connectivity index (χ2n) is 3.81. The fourth-order valence-corrected chi connectivity index (χ4v) is 2.75. The lowest BCUT2D eigenvalue weighted by atomic mass is 10.2. The highest BCUT2D eigenvalue weighted by molar-refractivity contribution is 9.10. The standard InChI is InChI=1S/C9H9BrClN3O/c10-7-2-12-9(11)13-8(7)14-3-6-1-5(14)4-15-6/h2,5-6H,1,3-4H2. The highest BCUT2D eigenvalue weighted by Crippen LogP contribution is 2.35. The van der Waals surface area contributed by atoms with Crippen LogP contribution in [-0.2, 0) is 4.74 Å². The molecule has 0 amide bonds. The second kappa shape index (κ2) is 3.57. The van der Waals surface area contributed by atoms with Crippen LogP contribution in [0.5, 0.6) is 0 Å². The molecule has 0 N–H and O–H groups in total. The molecule has 2 fully saturated rings. The Hall–Kier alpha value is -0.390. The molecule has 6 heteroatoms. The smallest absolute Gasteiger partial charge is 0.224 e. The highest BCUT2D eigenvalue weighted by atomic mass is 79.9. The van der Waals surface area contributed by atoms with Crippen molar-refractivity contribution in [3.8, 4) is 0 Å². The first-order valence-electron chi connectivity index (χ1n) is 4.80. The van der Waals surface area contributed by atoms with Gasteiger partial charge >= 0.3 is 0 Å². The largest absolute Gasteiger partial charge is 0.374 e. The molecule has 2 unspecified atom stereocenters. The van der Waals surface area contributed by atoms with Gasteiger partial charge in [-0.2, -0.15) is 4.98 Å². The molecule has 2 bridgehead atoms. The molecule has 2 aliphatic heterocycles. The summed E-state index contributed by atoms with van der Waals surface area (Å²) in [6.45, 7) is 1.69. The summed E-state index contributed by atoms with van der Waals surface area (Å²) >= 11 is 9.24. The number of hydrogen-bond donors (Lipinski definition) is 0. The van der Waals surface area contributed by atoms with Gasteiger partial charge in [-0.05, 0) is 34.0 Å². The van der Waals surface area contributed by atoms with Gasteiger partial charge in [-0.1, -0.05) is 0 Å². The molecule has 80 valence electrons. The Bertz CT molecular complexity index is 403. The minimum Gasteiger partial charge on any atom is -0.374 e. The van der Waals surface area contributed by atoms with Gasteiger partial charge in [0.25, 0.3) is 0 Å². The summed E-state index contributed by atoms with van der Waals surface area (Å²) < 4.78 is 6.43. The van der Waals surface area contributed by atoms with Crippen LogP contribution in [0, 0.1) is 0 Å². The van der Waals surface area contributed by atoms with Crippen LogP contribution in [0.4, 0.5) is 5.82 Å². The molecule has 0 aliphatic carbocycles. The van der Waals surface area contributed by atoms with Gasteiger partial charge in [0.1, 0.15) is 5.82 Å². The Kier molecular flexibility index (Phi) is 2.34. The van der Waals surface area contributed by atoms with E-state index in [-0.39, 0.29) is 5.28 Å². The fraction of sp³-hybridized carbons (Fsp3) is 0.556. The van der Waals surface area contributed by atoms with Gasteiger partial charge in [0.2, 0.25) is 5.28 Å². The first-order valence-corrected chi connectivity index (χ1v) is 5.97. The number of halogens is 2. The van der Waals surface area contributed by atoms with Crippen molar-refractivity contribution in [2.75, 3.05) is 18.1 Å². The Labute approximate surface area is 101 Å². The molecule has 4 nitrogen and oxygen atoms in total. The van der Waals surface area contributed by atoms with Crippen molar-refractivity contribution in [3.63, 3.8) is 0 Å². The van der Waals surface area contributed by atoms with Crippen molar-refractivity contribution in [2.45, 2.75) is 18.6 Å². The van der Waals surface area contributed by atoms with E-state index in [1.54, 1.807) is 6.20 Å². The van der Waals surface area contributed by atoms with E-state index in [9.17, 15) is 0 Å². The van der Waals surface area contributed by atoms with E-state index < -0.39 is 0 Å². The summed E-state index contributed by atoms with van der Waals surface area (Å²) in [6.07, 6.45) is 3.14. The van der Waals surface area contributed by atoms with Gasteiger partial charge in [-0.3, -0.25) is 0 Å². The van der Waals surface area contributed by atoms with Crippen LogP contribution in [0.25, 0.3) is 0 Å². The summed E-state index contributed by atoms with van der Waals surface area (Å²) in [5.41, 5.74) is 0. The maximum Gasteiger partial charge on any atom is 0.224 e. The van der Waals surface area contributed by atoms with Crippen LogP contribution >= 0.6 is 27.5 Å². The normalized spacial score (nSPS) is 28.8. The number of morpholine rings is 1. The molecule has 2 aliphatic rings. The summed E-state index contributed by atoms with van der Waals surface area (Å²) in [5.74, 6) is 0.880. The molecule has 0 saturated carbocycles. The molecule has 1 aromatic rings. The minimum absolute atomic E-state index is 0.289. The zero-order valence-corrected chi connectivity index (χ0v) is 10.2. The van der Waals surface area contributed by atoms with Crippen LogP contribution in [0.3, 0.4) is 0 Å². The van der Waals surface area contributed by atoms with Crippen molar-refractivity contribution >= 4 is 33.3 Å². The Morgan fingerprint density at radius 2 is 2.47 bits per heavy atom. The highest BCUT2D eigenvalue weighted by Gasteiger charge is 2.40. The molecule has 0 spiro atoms. The van der Waals surface area contributed by atoms with Gasteiger partial charge in [0.05, 0.1) is 23.2 Å². The van der Waals surface area contributed by atoms with Gasteiger partial charge in [-0.25, -0.2) is 4.98 Å². The maximum atomic E-state index is 5.80. The first kappa shape index (κ1) is 9.81. The van der Waals surface area contributed by atoms with Crippen LogP contribution in [0.2, 0.25) is 5.28 Å². The third-order valence-corrected chi connectivity index (χ3v) is 3.61. The fourth-order valence-electron chi connectivity index (χ4n) is 2.20. The van der Waals surface area contributed by atoms with E-state index in [2.05, 4.69) is 30.8 Å². The van der Waals surface area contributed by atoms with Crippen LogP contribution < -0.4 is 4.90 Å². The van der Waals surface area contributed by atoms with Gasteiger partial charge in [0, 0.05) is 12.7 Å². The zero-order chi connectivity index (χ0) is 10.4. The predicted molar refractivity (Wildman–Crippen MR) is 60.2 cm³/mol. The van der Waals surface area contributed by atoms with Gasteiger partial charge in [-0.15, -0.1) is 0 Å². The molecule has 2 saturated heterocycles. The lowest BCUT2D eigenvalue weighted by Gasteiger charge is -2.28. The monoisotopic (exact) mass is 289 g/mol. The number of anilines is 1. The number of nitrogens with zero attached hydrogens (tertiary/aromatic N) is 3. The number of aromatic nitrogens is 2. The summed E-state index contributed by atoms with van der Waals surface area (Å²) in [5, 5.41) is 0.289. The van der Waals surface area contributed by atoms with E-state index in [1.807, 2.05) is 0 Å². The Balaban J connectivity index is 1.96. The lowest BCUT2D eigenvalue weighted by molar-refractivity contribution is 0.0988. The van der Waals surface area contributed by atoms with E-state index in [0.29, 0.717) is 12.1 Å². The van der Waals surface area contributed by atoms with Crippen LogP contribution in [-0.4, -0.2) is 35.3 Å². The maximum absolute atomic E-state index is 5.80. The molecular weight excluding hydrogens is 281 g/mol. The topological polar surface area (TPSA) is 38.2 Å². The molecule has 0 radical (unpaired) electrons. The average Bonchev–Trinajstić information content (AvgIpc) is 2.83. The summed E-state index contributed by atoms with van der Waals surface area (Å²) in [6, 6.07) is 0.442. The van der Waals surface area contributed by atoms with Crippen molar-refractivity contribution in [3.05, 3.63) is 16.0 Å². The van der Waals surface area contributed by atoms with Gasteiger partial charge < -0.3 is 9.64 Å². The number of rotatable bonds is 1. The quantitative estimate of drug-likeness (QED) is 0.740. The summed E-state index contributed by atoms with van der Waals surface area (Å²) in [7, 11) is 0. The Morgan fingerprint density at radius 3 is 3.13 bits per heavy atom. The molecule has 2 atom stereocenters. The molecule has 0 aromatic carbocycles. The number of fused-ring (bicyclic) bond motifs is 2. The van der Waals surface area contributed by atoms with E-state index in [1.165, 1.54) is 0 Å². The van der Waals surface area contributed by atoms with E-state index >= 15 is 0 Å². The molecular formula is C9H9BrClN3O. The molecule has 1 aromatic heterocycles. The zero-order valence-electron chi connectivity index (χ0n) is 7.86. The summed E-state index contributed by atoms with van der Waals surface area (Å²) in [4.78, 5) is 10.4. The third-order valence-electron chi connectivity index (χ3n) is 2.87. The third kappa shape index (κ3) is 1.62. The first-order chi connectivity index (χ1) is 7.24. The van der Waals surface area contributed by atoms with Crippen molar-refractivity contribution in [1.82, 2.24) is 9.97 Å².